The summed E-state index contributed by atoms with van der Waals surface area (Å²) in [6, 6.07) is 0. The van der Waals surface area contributed by atoms with Crippen LogP contribution in [0.25, 0.3) is 0 Å². The molecule has 0 aliphatic heterocycles. The molecule has 1 aliphatic rings. The maximum absolute atomic E-state index is 10.3. The number of allylic oxidation sites excluding steroid dienone is 1. The molecule has 0 spiro atoms. The molecule has 1 rings (SSSR count). The fraction of sp³-hybridized carbons (Fsp3) is 0.889. The van der Waals surface area contributed by atoms with E-state index in [4.69, 9.17) is 0 Å². The smallest absolute Gasteiger partial charge is 0.0568 e. The minimum atomic E-state index is -0.0316. The maximum Gasteiger partial charge on any atom is 0.0568 e. The molecule has 1 atom stereocenters. The highest BCUT2D eigenvalue weighted by Gasteiger charge is 2.25. The summed E-state index contributed by atoms with van der Waals surface area (Å²) in [7, 11) is 0. The van der Waals surface area contributed by atoms with Gasteiger partial charge in [0, 0.05) is 0 Å². The number of unbranched alkanes of at least 4 members (excludes halogenated alkanes) is 4. The highest BCUT2D eigenvalue weighted by atomic mass is 16.3. The van der Waals surface area contributed by atoms with Gasteiger partial charge in [-0.3, -0.25) is 0 Å². The maximum atomic E-state index is 10.3. The van der Waals surface area contributed by atoms with Gasteiger partial charge in [-0.2, -0.15) is 0 Å². The van der Waals surface area contributed by atoms with Gasteiger partial charge in [-0.1, -0.05) is 57.9 Å². The van der Waals surface area contributed by atoms with Crippen LogP contribution in [0.3, 0.4) is 0 Å². The van der Waals surface area contributed by atoms with E-state index in [0.717, 1.165) is 18.8 Å². The topological polar surface area (TPSA) is 20.2 Å². The molecule has 0 radical (unpaired) electrons. The summed E-state index contributed by atoms with van der Waals surface area (Å²) in [6.45, 7) is 6.03. The van der Waals surface area contributed by atoms with Crippen molar-refractivity contribution in [2.45, 2.75) is 90.1 Å². The Balaban J connectivity index is 2.07. The van der Waals surface area contributed by atoms with Gasteiger partial charge in [0.05, 0.1) is 6.10 Å². The van der Waals surface area contributed by atoms with Crippen LogP contribution in [0.4, 0.5) is 0 Å². The normalized spacial score (nSPS) is 25.2. The molecular formula is C18H34O. The van der Waals surface area contributed by atoms with E-state index < -0.39 is 0 Å². The second kappa shape index (κ2) is 10.5. The van der Waals surface area contributed by atoms with E-state index in [9.17, 15) is 5.11 Å². The molecule has 1 nitrogen and oxygen atoms in total. The highest BCUT2D eigenvalue weighted by Crippen LogP contribution is 2.34. The van der Waals surface area contributed by atoms with Crippen LogP contribution in [-0.4, -0.2) is 11.2 Å². The standard InChI is InChI=1S/C18H34O/c1-3-5-7-8-9-11-18(19)17-14-12-16(13-15-17)10-6-4-2/h3,16-19H,1,4-15H2,2H3. The third-order valence-corrected chi connectivity index (χ3v) is 4.81. The molecule has 0 aromatic rings. The van der Waals surface area contributed by atoms with Gasteiger partial charge in [0.15, 0.2) is 0 Å². The Kier molecular flexibility index (Phi) is 9.24. The van der Waals surface area contributed by atoms with Gasteiger partial charge in [0.25, 0.3) is 0 Å². The van der Waals surface area contributed by atoms with Crippen molar-refractivity contribution in [2.75, 3.05) is 0 Å². The van der Waals surface area contributed by atoms with Gasteiger partial charge < -0.3 is 5.11 Å². The van der Waals surface area contributed by atoms with Crippen molar-refractivity contribution >= 4 is 0 Å². The Labute approximate surface area is 120 Å². The van der Waals surface area contributed by atoms with Crippen molar-refractivity contribution in [2.24, 2.45) is 11.8 Å². The van der Waals surface area contributed by atoms with Crippen molar-refractivity contribution in [1.82, 2.24) is 0 Å². The number of aliphatic hydroxyl groups excluding tert-OH is 1. The molecule has 0 heterocycles. The van der Waals surface area contributed by atoms with E-state index >= 15 is 0 Å². The lowest BCUT2D eigenvalue weighted by molar-refractivity contribution is 0.0634. The summed E-state index contributed by atoms with van der Waals surface area (Å²) in [6.07, 6.45) is 17.2. The zero-order valence-electron chi connectivity index (χ0n) is 12.9. The Bertz CT molecular complexity index is 216. The predicted octanol–water partition coefficient (Wildman–Crippen LogP) is 5.48. The Morgan fingerprint density at radius 2 is 1.84 bits per heavy atom. The fourth-order valence-electron chi connectivity index (χ4n) is 3.41. The molecule has 0 saturated heterocycles. The molecule has 1 aliphatic carbocycles. The Morgan fingerprint density at radius 1 is 1.11 bits per heavy atom. The van der Waals surface area contributed by atoms with Gasteiger partial charge in [-0.25, -0.2) is 0 Å². The molecule has 1 saturated carbocycles. The molecule has 19 heavy (non-hydrogen) atoms. The van der Waals surface area contributed by atoms with Gasteiger partial charge in [0.1, 0.15) is 0 Å². The Hall–Kier alpha value is -0.300. The van der Waals surface area contributed by atoms with Gasteiger partial charge in [-0.05, 0) is 43.9 Å². The lowest BCUT2D eigenvalue weighted by Gasteiger charge is -2.31. The third-order valence-electron chi connectivity index (χ3n) is 4.81. The largest absolute Gasteiger partial charge is 0.393 e. The fourth-order valence-corrected chi connectivity index (χ4v) is 3.41. The molecule has 1 fully saturated rings. The summed E-state index contributed by atoms with van der Waals surface area (Å²) < 4.78 is 0. The number of aliphatic hydroxyl groups is 1. The molecule has 0 aromatic heterocycles. The average Bonchev–Trinajstić information content (AvgIpc) is 2.45. The first-order valence-electron chi connectivity index (χ1n) is 8.56. The summed E-state index contributed by atoms with van der Waals surface area (Å²) in [5.74, 6) is 1.55. The van der Waals surface area contributed by atoms with E-state index in [0.29, 0.717) is 5.92 Å². The molecular weight excluding hydrogens is 232 g/mol. The van der Waals surface area contributed by atoms with Crippen LogP contribution in [0, 0.1) is 11.8 Å². The highest BCUT2D eigenvalue weighted by molar-refractivity contribution is 4.77. The summed E-state index contributed by atoms with van der Waals surface area (Å²) in [4.78, 5) is 0. The van der Waals surface area contributed by atoms with Crippen molar-refractivity contribution in [3.8, 4) is 0 Å². The van der Waals surface area contributed by atoms with Gasteiger partial charge >= 0.3 is 0 Å². The second-order valence-corrected chi connectivity index (χ2v) is 6.42. The quantitative estimate of drug-likeness (QED) is 0.410. The van der Waals surface area contributed by atoms with Crippen molar-refractivity contribution in [3.05, 3.63) is 12.7 Å². The van der Waals surface area contributed by atoms with Gasteiger partial charge in [-0.15, -0.1) is 6.58 Å². The minimum Gasteiger partial charge on any atom is -0.393 e. The molecule has 1 unspecified atom stereocenters. The predicted molar refractivity (Wildman–Crippen MR) is 84.3 cm³/mol. The first kappa shape index (κ1) is 16.8. The van der Waals surface area contributed by atoms with Crippen LogP contribution >= 0.6 is 0 Å². The minimum absolute atomic E-state index is 0.0316. The first-order valence-corrected chi connectivity index (χ1v) is 8.56. The zero-order chi connectivity index (χ0) is 13.9. The lowest BCUT2D eigenvalue weighted by atomic mass is 9.77. The number of rotatable bonds is 10. The van der Waals surface area contributed by atoms with E-state index in [1.165, 1.54) is 64.2 Å². The summed E-state index contributed by atoms with van der Waals surface area (Å²) in [5, 5.41) is 10.3. The second-order valence-electron chi connectivity index (χ2n) is 6.42. The van der Waals surface area contributed by atoms with Crippen molar-refractivity contribution in [1.29, 1.82) is 0 Å². The van der Waals surface area contributed by atoms with Crippen LogP contribution in [-0.2, 0) is 0 Å². The molecule has 0 amide bonds. The third kappa shape index (κ3) is 7.15. The van der Waals surface area contributed by atoms with Gasteiger partial charge in [0.2, 0.25) is 0 Å². The number of hydrogen-bond donors (Lipinski definition) is 1. The van der Waals surface area contributed by atoms with E-state index in [1.54, 1.807) is 0 Å². The van der Waals surface area contributed by atoms with Crippen LogP contribution in [0.1, 0.15) is 84.0 Å². The SMILES string of the molecule is C=CCCCCCC(O)C1CCC(CCCC)CC1. The first-order chi connectivity index (χ1) is 9.27. The van der Waals surface area contributed by atoms with Crippen LogP contribution in [0.15, 0.2) is 12.7 Å². The van der Waals surface area contributed by atoms with E-state index in [2.05, 4.69) is 13.5 Å². The van der Waals surface area contributed by atoms with Crippen molar-refractivity contribution in [3.63, 3.8) is 0 Å². The molecule has 112 valence electrons. The number of hydrogen-bond acceptors (Lipinski definition) is 1. The zero-order valence-corrected chi connectivity index (χ0v) is 12.9. The average molecular weight is 266 g/mol. The molecule has 0 bridgehead atoms. The molecule has 0 aromatic carbocycles. The molecule has 1 N–H and O–H groups in total. The van der Waals surface area contributed by atoms with Crippen LogP contribution in [0.5, 0.6) is 0 Å². The molecule has 1 heteroatoms. The van der Waals surface area contributed by atoms with E-state index in [1.807, 2.05) is 6.08 Å². The van der Waals surface area contributed by atoms with Crippen LogP contribution < -0.4 is 0 Å². The van der Waals surface area contributed by atoms with Crippen molar-refractivity contribution < 1.29 is 5.11 Å². The summed E-state index contributed by atoms with van der Waals surface area (Å²) >= 11 is 0. The Morgan fingerprint density at radius 3 is 2.47 bits per heavy atom. The lowest BCUT2D eigenvalue weighted by Crippen LogP contribution is -2.25. The van der Waals surface area contributed by atoms with E-state index in [-0.39, 0.29) is 6.10 Å². The summed E-state index contributed by atoms with van der Waals surface area (Å²) in [5.41, 5.74) is 0. The van der Waals surface area contributed by atoms with Crippen LogP contribution in [0.2, 0.25) is 0 Å². The monoisotopic (exact) mass is 266 g/mol.